The van der Waals surface area contributed by atoms with Crippen LogP contribution >= 0.6 is 0 Å². The minimum atomic E-state index is -0.125. The second-order valence-electron chi connectivity index (χ2n) is 5.74. The van der Waals surface area contributed by atoms with Crippen molar-refractivity contribution < 1.29 is 9.53 Å². The number of ether oxygens (including phenoxy) is 1. The maximum absolute atomic E-state index is 12.0. The molecule has 1 rings (SSSR count). The molecule has 21 heavy (non-hydrogen) atoms. The number of carbonyl (C=O) groups excluding carboxylic acids is 1. The molecule has 0 aromatic rings. The highest BCUT2D eigenvalue weighted by Gasteiger charge is 2.49. The summed E-state index contributed by atoms with van der Waals surface area (Å²) in [6, 6.07) is 0.199. The fourth-order valence-corrected chi connectivity index (χ4v) is 3.17. The Balaban J connectivity index is 2.41. The zero-order chi connectivity index (χ0) is 15.7. The van der Waals surface area contributed by atoms with E-state index < -0.39 is 0 Å². The van der Waals surface area contributed by atoms with Gasteiger partial charge in [0.05, 0.1) is 12.5 Å². The summed E-state index contributed by atoms with van der Waals surface area (Å²) >= 11 is 0. The van der Waals surface area contributed by atoms with Gasteiger partial charge in [-0.15, -0.1) is 13.2 Å². The van der Waals surface area contributed by atoms with E-state index in [9.17, 15) is 4.79 Å². The van der Waals surface area contributed by atoms with E-state index in [0.717, 1.165) is 6.54 Å². The number of hydrogen-bond acceptors (Lipinski definition) is 3. The second-order valence-corrected chi connectivity index (χ2v) is 5.74. The van der Waals surface area contributed by atoms with Gasteiger partial charge in [-0.2, -0.15) is 0 Å². The molecule has 0 saturated carbocycles. The van der Waals surface area contributed by atoms with E-state index in [-0.39, 0.29) is 24.0 Å². The Hall–Kier alpha value is -1.09. The number of unbranched alkanes of at least 4 members (excludes halogenated alkanes) is 5. The third-order valence-corrected chi connectivity index (χ3v) is 4.31. The van der Waals surface area contributed by atoms with E-state index in [2.05, 4.69) is 25.0 Å². The third kappa shape index (κ3) is 4.70. The van der Waals surface area contributed by atoms with Crippen LogP contribution < -0.4 is 0 Å². The topological polar surface area (TPSA) is 29.5 Å². The van der Waals surface area contributed by atoms with Crippen LogP contribution in [-0.2, 0) is 9.53 Å². The van der Waals surface area contributed by atoms with Crippen molar-refractivity contribution in [2.45, 2.75) is 64.5 Å². The lowest BCUT2D eigenvalue weighted by Gasteiger charge is -2.51. The summed E-state index contributed by atoms with van der Waals surface area (Å²) in [6.07, 6.45) is 11.4. The molecular formula is C18H31NO2. The first-order chi connectivity index (χ1) is 10.2. The van der Waals surface area contributed by atoms with Gasteiger partial charge in [0.1, 0.15) is 0 Å². The molecule has 1 aliphatic heterocycles. The van der Waals surface area contributed by atoms with E-state index >= 15 is 0 Å². The summed E-state index contributed by atoms with van der Waals surface area (Å²) < 4.78 is 5.17. The lowest BCUT2D eigenvalue weighted by molar-refractivity contribution is -0.161. The molecule has 1 heterocycles. The maximum atomic E-state index is 12.0. The van der Waals surface area contributed by atoms with E-state index in [4.69, 9.17) is 4.74 Å². The van der Waals surface area contributed by atoms with Crippen molar-refractivity contribution in [3.8, 4) is 0 Å². The molecule has 3 heteroatoms. The average Bonchev–Trinajstić information content (AvgIpc) is 2.46. The zero-order valence-electron chi connectivity index (χ0n) is 13.7. The minimum Gasteiger partial charge on any atom is -0.466 e. The molecule has 1 saturated heterocycles. The van der Waals surface area contributed by atoms with Crippen LogP contribution in [0.5, 0.6) is 0 Å². The van der Waals surface area contributed by atoms with Crippen LogP contribution in [0.15, 0.2) is 25.3 Å². The van der Waals surface area contributed by atoms with Crippen LogP contribution in [0.2, 0.25) is 0 Å². The van der Waals surface area contributed by atoms with Crippen molar-refractivity contribution >= 4 is 5.97 Å². The fraction of sp³-hybridized carbons (Fsp3) is 0.722. The van der Waals surface area contributed by atoms with Gasteiger partial charge in [0.25, 0.3) is 0 Å². The number of nitrogens with zero attached hydrogens (tertiary/aromatic N) is 1. The first-order valence-corrected chi connectivity index (χ1v) is 8.38. The Morgan fingerprint density at radius 3 is 2.14 bits per heavy atom. The summed E-state index contributed by atoms with van der Waals surface area (Å²) in [5, 5.41) is 0. The molecule has 2 unspecified atom stereocenters. The molecule has 0 spiro atoms. The Morgan fingerprint density at radius 2 is 1.62 bits per heavy atom. The van der Waals surface area contributed by atoms with E-state index in [1.54, 1.807) is 0 Å². The lowest BCUT2D eigenvalue weighted by atomic mass is 9.79. The molecular weight excluding hydrogens is 262 g/mol. The van der Waals surface area contributed by atoms with Gasteiger partial charge >= 0.3 is 5.97 Å². The maximum Gasteiger partial charge on any atom is 0.312 e. The molecule has 1 fully saturated rings. The molecule has 0 amide bonds. The van der Waals surface area contributed by atoms with Gasteiger partial charge in [0, 0.05) is 12.1 Å². The lowest BCUT2D eigenvalue weighted by Crippen LogP contribution is -2.65. The smallest absolute Gasteiger partial charge is 0.312 e. The highest BCUT2D eigenvalue weighted by Crippen LogP contribution is 2.35. The molecule has 120 valence electrons. The Bertz CT molecular complexity index is 324. The Labute approximate surface area is 130 Å². The van der Waals surface area contributed by atoms with Crippen molar-refractivity contribution in [3.63, 3.8) is 0 Å². The largest absolute Gasteiger partial charge is 0.466 e. The van der Waals surface area contributed by atoms with Crippen LogP contribution in [-0.4, -0.2) is 36.1 Å². The third-order valence-electron chi connectivity index (χ3n) is 4.31. The van der Waals surface area contributed by atoms with Crippen LogP contribution in [0, 0.1) is 5.92 Å². The number of carbonyl (C=O) groups is 1. The fourth-order valence-electron chi connectivity index (χ4n) is 3.17. The zero-order valence-corrected chi connectivity index (χ0v) is 13.7. The Morgan fingerprint density at radius 1 is 1.05 bits per heavy atom. The number of esters is 1. The van der Waals surface area contributed by atoms with Gasteiger partial charge in [-0.25, -0.2) is 0 Å². The van der Waals surface area contributed by atoms with Crippen LogP contribution in [0.25, 0.3) is 0 Å². The highest BCUT2D eigenvalue weighted by molar-refractivity contribution is 5.76. The van der Waals surface area contributed by atoms with Gasteiger partial charge in [-0.05, 0) is 19.9 Å². The molecule has 0 aliphatic carbocycles. The summed E-state index contributed by atoms with van der Waals surface area (Å²) in [6.45, 7) is 13.3. The minimum absolute atomic E-state index is 0.0997. The molecule has 0 radical (unpaired) electrons. The van der Waals surface area contributed by atoms with Crippen molar-refractivity contribution in [2.75, 3.05) is 13.2 Å². The normalized spacial score (nSPS) is 25.1. The number of hydrogen-bond donors (Lipinski definition) is 0. The van der Waals surface area contributed by atoms with Gasteiger partial charge in [0.15, 0.2) is 0 Å². The summed E-state index contributed by atoms with van der Waals surface area (Å²) in [5.74, 6) is -0.244. The van der Waals surface area contributed by atoms with Crippen molar-refractivity contribution in [2.24, 2.45) is 5.92 Å². The molecule has 1 aliphatic rings. The van der Waals surface area contributed by atoms with Crippen LogP contribution in [0.3, 0.4) is 0 Å². The second kappa shape index (κ2) is 9.78. The first kappa shape index (κ1) is 18.0. The predicted octanol–water partition coefficient (Wildman–Crippen LogP) is 3.95. The summed E-state index contributed by atoms with van der Waals surface area (Å²) in [7, 11) is 0. The van der Waals surface area contributed by atoms with Crippen molar-refractivity contribution in [1.82, 2.24) is 4.90 Å². The van der Waals surface area contributed by atoms with Crippen molar-refractivity contribution in [3.05, 3.63) is 25.3 Å². The van der Waals surface area contributed by atoms with Gasteiger partial charge in [-0.3, -0.25) is 9.69 Å². The van der Waals surface area contributed by atoms with Crippen LogP contribution in [0.1, 0.15) is 52.4 Å². The molecule has 3 nitrogen and oxygen atoms in total. The summed E-state index contributed by atoms with van der Waals surface area (Å²) in [4.78, 5) is 14.3. The van der Waals surface area contributed by atoms with Crippen LogP contribution in [0.4, 0.5) is 0 Å². The van der Waals surface area contributed by atoms with E-state index in [1.807, 2.05) is 19.1 Å². The first-order valence-electron chi connectivity index (χ1n) is 8.38. The molecule has 0 N–H and O–H groups in total. The molecule has 0 aromatic heterocycles. The van der Waals surface area contributed by atoms with Crippen molar-refractivity contribution in [1.29, 1.82) is 0 Å². The van der Waals surface area contributed by atoms with Gasteiger partial charge in [-0.1, -0.05) is 51.2 Å². The molecule has 0 aromatic carbocycles. The summed E-state index contributed by atoms with van der Waals surface area (Å²) in [5.41, 5.74) is 0. The average molecular weight is 293 g/mol. The highest BCUT2D eigenvalue weighted by atomic mass is 16.5. The number of rotatable bonds is 11. The van der Waals surface area contributed by atoms with Gasteiger partial charge in [0.2, 0.25) is 0 Å². The molecule has 2 atom stereocenters. The Kier molecular flexibility index (Phi) is 8.36. The van der Waals surface area contributed by atoms with Gasteiger partial charge < -0.3 is 4.74 Å². The molecule has 0 bridgehead atoms. The van der Waals surface area contributed by atoms with E-state index in [1.165, 1.54) is 38.5 Å². The number of likely N-dealkylation sites (tertiary alicyclic amines) is 1. The standard InChI is InChI=1S/C18H31NO2/c1-5-9-10-11-12-13-14-19-15(6-2)17(16(19)7-3)18(20)21-8-4/h6-7,15-17H,2-3,5,8-14H2,1,4H3. The SMILES string of the molecule is C=CC1C(C(=O)OCC)C(C=C)N1CCCCCCCC. The predicted molar refractivity (Wildman–Crippen MR) is 88.2 cm³/mol. The van der Waals surface area contributed by atoms with E-state index in [0.29, 0.717) is 6.61 Å². The quantitative estimate of drug-likeness (QED) is 0.328. The monoisotopic (exact) mass is 293 g/mol.